The first-order chi connectivity index (χ1) is 13.3. The number of aromatic amines is 1. The van der Waals surface area contributed by atoms with E-state index in [1.807, 2.05) is 18.3 Å². The van der Waals surface area contributed by atoms with Crippen LogP contribution in [0.4, 0.5) is 5.82 Å². The molecule has 1 saturated carbocycles. The maximum atomic E-state index is 12.4. The number of nitrogens with zero attached hydrogens (tertiary/aromatic N) is 2. The van der Waals surface area contributed by atoms with E-state index in [0.29, 0.717) is 18.3 Å². The average molecular weight is 363 g/mol. The summed E-state index contributed by atoms with van der Waals surface area (Å²) in [5.41, 5.74) is 2.73. The van der Waals surface area contributed by atoms with Crippen LogP contribution in [0.15, 0.2) is 42.9 Å². The summed E-state index contributed by atoms with van der Waals surface area (Å²) in [5, 5.41) is 7.60. The molecule has 27 heavy (non-hydrogen) atoms. The van der Waals surface area contributed by atoms with Crippen LogP contribution in [0.5, 0.6) is 0 Å². The van der Waals surface area contributed by atoms with Gasteiger partial charge in [0.1, 0.15) is 17.8 Å². The highest BCUT2D eigenvalue weighted by Crippen LogP contribution is 2.21. The van der Waals surface area contributed by atoms with Gasteiger partial charge in [-0.1, -0.05) is 37.5 Å². The first-order valence-corrected chi connectivity index (χ1v) is 9.71. The van der Waals surface area contributed by atoms with Crippen LogP contribution in [0.25, 0.3) is 10.9 Å². The van der Waals surface area contributed by atoms with Crippen LogP contribution in [-0.2, 0) is 6.42 Å². The summed E-state index contributed by atoms with van der Waals surface area (Å²) in [7, 11) is 0. The van der Waals surface area contributed by atoms with Gasteiger partial charge in [-0.15, -0.1) is 0 Å². The average Bonchev–Trinajstić information content (AvgIpc) is 3.12. The van der Waals surface area contributed by atoms with Crippen molar-refractivity contribution in [3.8, 4) is 0 Å². The van der Waals surface area contributed by atoms with Crippen LogP contribution in [0.1, 0.15) is 48.2 Å². The molecule has 1 amide bonds. The molecule has 0 spiro atoms. The van der Waals surface area contributed by atoms with Gasteiger partial charge in [0.05, 0.1) is 0 Å². The fourth-order valence-corrected chi connectivity index (χ4v) is 3.76. The predicted octanol–water partition coefficient (Wildman–Crippen LogP) is 3.68. The van der Waals surface area contributed by atoms with E-state index in [4.69, 9.17) is 0 Å². The van der Waals surface area contributed by atoms with Crippen LogP contribution in [-0.4, -0.2) is 33.4 Å². The van der Waals surface area contributed by atoms with Gasteiger partial charge in [0.2, 0.25) is 0 Å². The van der Waals surface area contributed by atoms with Crippen LogP contribution in [0, 0.1) is 0 Å². The monoisotopic (exact) mass is 363 g/mol. The highest BCUT2D eigenvalue weighted by atomic mass is 16.1. The molecule has 0 unspecified atom stereocenters. The third-order valence-electron chi connectivity index (χ3n) is 5.21. The molecule has 1 aliphatic rings. The number of aromatic nitrogens is 3. The SMILES string of the molecule is O=C(NCCc1c[nH]c2ccccc12)c1cc(NC2CCCCC2)ncn1. The zero-order chi connectivity index (χ0) is 18.5. The number of nitrogens with one attached hydrogen (secondary N) is 3. The Balaban J connectivity index is 1.33. The number of amides is 1. The first-order valence-electron chi connectivity index (χ1n) is 9.71. The molecule has 4 rings (SSSR count). The van der Waals surface area contributed by atoms with Gasteiger partial charge in [0.15, 0.2) is 0 Å². The molecule has 1 fully saturated rings. The molecular weight excluding hydrogens is 338 g/mol. The quantitative estimate of drug-likeness (QED) is 0.624. The van der Waals surface area contributed by atoms with Crippen molar-refractivity contribution in [2.75, 3.05) is 11.9 Å². The standard InChI is InChI=1S/C21H25N5O/c27-21(22-11-10-15-13-23-18-9-5-4-8-17(15)18)19-12-20(25-14-24-19)26-16-6-2-1-3-7-16/h4-5,8-9,12-14,16,23H,1-3,6-7,10-11H2,(H,22,27)(H,24,25,26). The number of hydrogen-bond donors (Lipinski definition) is 3. The van der Waals surface area contributed by atoms with E-state index in [-0.39, 0.29) is 5.91 Å². The summed E-state index contributed by atoms with van der Waals surface area (Å²) in [5.74, 6) is 0.572. The number of hydrogen-bond acceptors (Lipinski definition) is 4. The van der Waals surface area contributed by atoms with Crippen molar-refractivity contribution in [1.82, 2.24) is 20.3 Å². The van der Waals surface area contributed by atoms with E-state index in [9.17, 15) is 4.79 Å². The first kappa shape index (κ1) is 17.5. The number of rotatable bonds is 6. The van der Waals surface area contributed by atoms with E-state index in [1.165, 1.54) is 36.5 Å². The molecule has 1 aromatic carbocycles. The van der Waals surface area contributed by atoms with Crippen molar-refractivity contribution in [2.45, 2.75) is 44.6 Å². The number of benzene rings is 1. The second-order valence-electron chi connectivity index (χ2n) is 7.13. The van der Waals surface area contributed by atoms with Crippen molar-refractivity contribution in [2.24, 2.45) is 0 Å². The molecule has 140 valence electrons. The number of fused-ring (bicyclic) bond motifs is 1. The van der Waals surface area contributed by atoms with Crippen molar-refractivity contribution < 1.29 is 4.79 Å². The zero-order valence-electron chi connectivity index (χ0n) is 15.4. The lowest BCUT2D eigenvalue weighted by Gasteiger charge is -2.23. The highest BCUT2D eigenvalue weighted by Gasteiger charge is 2.15. The van der Waals surface area contributed by atoms with E-state index >= 15 is 0 Å². The van der Waals surface area contributed by atoms with Crippen LogP contribution >= 0.6 is 0 Å². The van der Waals surface area contributed by atoms with Gasteiger partial charge in [0, 0.05) is 35.8 Å². The third kappa shape index (κ3) is 4.27. The summed E-state index contributed by atoms with van der Waals surface area (Å²) in [6.45, 7) is 0.566. The summed E-state index contributed by atoms with van der Waals surface area (Å²) in [6, 6.07) is 10.4. The Labute approximate surface area is 158 Å². The van der Waals surface area contributed by atoms with Gasteiger partial charge in [0.25, 0.3) is 5.91 Å². The van der Waals surface area contributed by atoms with Crippen LogP contribution in [0.2, 0.25) is 0 Å². The van der Waals surface area contributed by atoms with Crippen molar-refractivity contribution in [3.63, 3.8) is 0 Å². The fourth-order valence-electron chi connectivity index (χ4n) is 3.76. The van der Waals surface area contributed by atoms with Crippen LogP contribution < -0.4 is 10.6 Å². The van der Waals surface area contributed by atoms with Gasteiger partial charge in [-0.3, -0.25) is 4.79 Å². The summed E-state index contributed by atoms with van der Waals surface area (Å²) < 4.78 is 0. The van der Waals surface area contributed by atoms with Crippen molar-refractivity contribution in [1.29, 1.82) is 0 Å². The lowest BCUT2D eigenvalue weighted by Crippen LogP contribution is -2.27. The van der Waals surface area contributed by atoms with Crippen LogP contribution in [0.3, 0.4) is 0 Å². The molecule has 3 aromatic rings. The summed E-state index contributed by atoms with van der Waals surface area (Å²) >= 11 is 0. The molecule has 3 N–H and O–H groups in total. The van der Waals surface area contributed by atoms with Gasteiger partial charge < -0.3 is 15.6 Å². The van der Waals surface area contributed by atoms with E-state index in [0.717, 1.165) is 30.6 Å². The molecule has 0 saturated heterocycles. The maximum Gasteiger partial charge on any atom is 0.270 e. The molecular formula is C21H25N5O. The minimum Gasteiger partial charge on any atom is -0.367 e. The smallest absolute Gasteiger partial charge is 0.270 e. The second-order valence-corrected chi connectivity index (χ2v) is 7.13. The predicted molar refractivity (Wildman–Crippen MR) is 107 cm³/mol. The molecule has 2 aromatic heterocycles. The molecule has 0 bridgehead atoms. The Morgan fingerprint density at radius 2 is 2.00 bits per heavy atom. The molecule has 0 atom stereocenters. The van der Waals surface area contributed by atoms with E-state index in [2.05, 4.69) is 37.7 Å². The molecule has 1 aliphatic carbocycles. The lowest BCUT2D eigenvalue weighted by molar-refractivity contribution is 0.0949. The Morgan fingerprint density at radius 1 is 1.15 bits per heavy atom. The normalized spacial score (nSPS) is 15.0. The number of anilines is 1. The van der Waals surface area contributed by atoms with Gasteiger partial charge in [-0.2, -0.15) is 0 Å². The lowest BCUT2D eigenvalue weighted by atomic mass is 9.95. The van der Waals surface area contributed by atoms with E-state index < -0.39 is 0 Å². The number of carbonyl (C=O) groups is 1. The number of para-hydroxylation sites is 1. The molecule has 6 nitrogen and oxygen atoms in total. The third-order valence-corrected chi connectivity index (χ3v) is 5.21. The molecule has 2 heterocycles. The molecule has 6 heteroatoms. The maximum absolute atomic E-state index is 12.4. The topological polar surface area (TPSA) is 82.7 Å². The second kappa shape index (κ2) is 8.20. The number of carbonyl (C=O) groups excluding carboxylic acids is 1. The molecule has 0 radical (unpaired) electrons. The largest absolute Gasteiger partial charge is 0.367 e. The Kier molecular flexibility index (Phi) is 5.32. The zero-order valence-corrected chi connectivity index (χ0v) is 15.4. The van der Waals surface area contributed by atoms with Crippen molar-refractivity contribution >= 4 is 22.6 Å². The Morgan fingerprint density at radius 3 is 2.89 bits per heavy atom. The summed E-state index contributed by atoms with van der Waals surface area (Å²) in [4.78, 5) is 24.1. The van der Waals surface area contributed by atoms with Crippen molar-refractivity contribution in [3.05, 3.63) is 54.1 Å². The minimum absolute atomic E-state index is 0.163. The Hall–Kier alpha value is -2.89. The van der Waals surface area contributed by atoms with Gasteiger partial charge >= 0.3 is 0 Å². The highest BCUT2D eigenvalue weighted by molar-refractivity contribution is 5.92. The van der Waals surface area contributed by atoms with Gasteiger partial charge in [-0.25, -0.2) is 9.97 Å². The fraction of sp³-hybridized carbons (Fsp3) is 0.381. The Bertz CT molecular complexity index is 914. The summed E-state index contributed by atoms with van der Waals surface area (Å²) in [6.07, 6.45) is 10.4. The number of H-pyrrole nitrogens is 1. The molecule has 0 aliphatic heterocycles. The van der Waals surface area contributed by atoms with E-state index in [1.54, 1.807) is 6.07 Å². The minimum atomic E-state index is -0.163. The van der Waals surface area contributed by atoms with Gasteiger partial charge in [-0.05, 0) is 30.9 Å².